The number of benzene rings is 1. The van der Waals surface area contributed by atoms with Gasteiger partial charge >= 0.3 is 6.09 Å². The van der Waals surface area contributed by atoms with E-state index < -0.39 is 17.4 Å². The Morgan fingerprint density at radius 2 is 1.95 bits per heavy atom. The van der Waals surface area contributed by atoms with Crippen LogP contribution in [0.3, 0.4) is 0 Å². The first kappa shape index (κ1) is 15.3. The van der Waals surface area contributed by atoms with Crippen molar-refractivity contribution in [3.8, 4) is 0 Å². The number of aliphatic hydroxyl groups is 1. The minimum absolute atomic E-state index is 0.299. The third-order valence-electron chi connectivity index (χ3n) is 3.00. The van der Waals surface area contributed by atoms with Crippen molar-refractivity contribution in [1.82, 2.24) is 5.32 Å². The molecule has 4 nitrogen and oxygen atoms in total. The second kappa shape index (κ2) is 5.74. The molecule has 4 heteroatoms. The lowest BCUT2D eigenvalue weighted by molar-refractivity contribution is 0.0135. The van der Waals surface area contributed by atoms with Gasteiger partial charge in [0.15, 0.2) is 5.72 Å². The smallest absolute Gasteiger partial charge is 0.410 e. The Bertz CT molecular complexity index is 569. The van der Waals surface area contributed by atoms with Crippen molar-refractivity contribution in [2.75, 3.05) is 0 Å². The molecular formula is C17H21NO3. The molecule has 2 rings (SSSR count). The summed E-state index contributed by atoms with van der Waals surface area (Å²) < 4.78 is 5.15. The molecule has 21 heavy (non-hydrogen) atoms. The summed E-state index contributed by atoms with van der Waals surface area (Å²) in [6.07, 6.45) is 4.95. The minimum atomic E-state index is -1.40. The Hall–Kier alpha value is -2.07. The molecule has 1 aliphatic carbocycles. The van der Waals surface area contributed by atoms with Crippen molar-refractivity contribution in [2.24, 2.45) is 0 Å². The molecule has 0 aliphatic heterocycles. The second-order valence-electron chi connectivity index (χ2n) is 6.11. The van der Waals surface area contributed by atoms with Gasteiger partial charge in [-0.1, -0.05) is 42.5 Å². The Labute approximate surface area is 125 Å². The standard InChI is InChI=1S/C17H21NO3/c1-16(2,3)21-15(19)18-17(20)11-9-14(10-12-17)13-7-5-4-6-8-13/h4-11,20H,12H2,1-3H3,(H,18,19). The Kier molecular flexibility index (Phi) is 4.19. The summed E-state index contributed by atoms with van der Waals surface area (Å²) in [7, 11) is 0. The molecule has 1 amide bonds. The van der Waals surface area contributed by atoms with E-state index in [4.69, 9.17) is 4.74 Å². The summed E-state index contributed by atoms with van der Waals surface area (Å²) in [6, 6.07) is 9.88. The van der Waals surface area contributed by atoms with Gasteiger partial charge in [-0.2, -0.15) is 0 Å². The van der Waals surface area contributed by atoms with Gasteiger partial charge in [0, 0.05) is 6.42 Å². The largest absolute Gasteiger partial charge is 0.444 e. The predicted octanol–water partition coefficient (Wildman–Crippen LogP) is 3.24. The summed E-state index contributed by atoms with van der Waals surface area (Å²) in [4.78, 5) is 11.7. The SMILES string of the molecule is CC(C)(C)OC(=O)NC1(O)C=CC(c2ccccc2)=CC1. The van der Waals surface area contributed by atoms with E-state index in [0.29, 0.717) is 6.42 Å². The summed E-state index contributed by atoms with van der Waals surface area (Å²) in [6.45, 7) is 5.34. The average Bonchev–Trinajstić information content (AvgIpc) is 2.37. The van der Waals surface area contributed by atoms with Crippen LogP contribution in [-0.2, 0) is 4.74 Å². The van der Waals surface area contributed by atoms with Crippen molar-refractivity contribution >= 4 is 11.7 Å². The van der Waals surface area contributed by atoms with E-state index in [1.165, 1.54) is 0 Å². The molecule has 1 aromatic carbocycles. The summed E-state index contributed by atoms with van der Waals surface area (Å²) in [5, 5.41) is 12.8. The van der Waals surface area contributed by atoms with Gasteiger partial charge in [-0.3, -0.25) is 5.32 Å². The second-order valence-corrected chi connectivity index (χ2v) is 6.11. The van der Waals surface area contributed by atoms with Gasteiger partial charge in [-0.25, -0.2) is 4.79 Å². The van der Waals surface area contributed by atoms with E-state index >= 15 is 0 Å². The van der Waals surface area contributed by atoms with E-state index in [9.17, 15) is 9.90 Å². The van der Waals surface area contributed by atoms with E-state index in [1.807, 2.05) is 36.4 Å². The molecule has 0 fully saturated rings. The number of carbonyl (C=O) groups excluding carboxylic acids is 1. The maximum Gasteiger partial charge on any atom is 0.410 e. The third kappa shape index (κ3) is 4.46. The Morgan fingerprint density at radius 1 is 1.29 bits per heavy atom. The molecule has 112 valence electrons. The number of carbonyl (C=O) groups is 1. The summed E-state index contributed by atoms with van der Waals surface area (Å²) >= 11 is 0. The molecule has 0 saturated heterocycles. The zero-order chi connectivity index (χ0) is 15.5. The molecule has 0 spiro atoms. The van der Waals surface area contributed by atoms with Gasteiger partial charge in [-0.05, 0) is 38.0 Å². The van der Waals surface area contributed by atoms with E-state index in [-0.39, 0.29) is 0 Å². The normalized spacial score (nSPS) is 21.6. The zero-order valence-corrected chi connectivity index (χ0v) is 12.6. The van der Waals surface area contributed by atoms with Crippen LogP contribution < -0.4 is 5.32 Å². The lowest BCUT2D eigenvalue weighted by atomic mass is 9.95. The molecular weight excluding hydrogens is 266 g/mol. The topological polar surface area (TPSA) is 58.6 Å². The maximum atomic E-state index is 11.7. The van der Waals surface area contributed by atoms with Gasteiger partial charge in [-0.15, -0.1) is 0 Å². The fraction of sp³-hybridized carbons (Fsp3) is 0.353. The molecule has 1 atom stereocenters. The van der Waals surface area contributed by atoms with E-state index in [1.54, 1.807) is 32.9 Å². The Balaban J connectivity index is 2.01. The van der Waals surface area contributed by atoms with Crippen LogP contribution in [0.5, 0.6) is 0 Å². The van der Waals surface area contributed by atoms with Crippen LogP contribution in [-0.4, -0.2) is 22.5 Å². The van der Waals surface area contributed by atoms with Gasteiger partial charge in [0.05, 0.1) is 0 Å². The minimum Gasteiger partial charge on any atom is -0.444 e. The van der Waals surface area contributed by atoms with Crippen LogP contribution in [0.25, 0.3) is 5.57 Å². The number of ether oxygens (including phenoxy) is 1. The van der Waals surface area contributed by atoms with Crippen LogP contribution in [0.2, 0.25) is 0 Å². The van der Waals surface area contributed by atoms with Gasteiger partial charge in [0.25, 0.3) is 0 Å². The number of alkyl carbamates (subject to hydrolysis) is 1. The van der Waals surface area contributed by atoms with Crippen molar-refractivity contribution in [3.63, 3.8) is 0 Å². The van der Waals surface area contributed by atoms with Crippen molar-refractivity contribution in [2.45, 2.75) is 38.5 Å². The molecule has 0 radical (unpaired) electrons. The van der Waals surface area contributed by atoms with Crippen LogP contribution in [0, 0.1) is 0 Å². The predicted molar refractivity (Wildman–Crippen MR) is 82.5 cm³/mol. The zero-order valence-electron chi connectivity index (χ0n) is 12.6. The van der Waals surface area contributed by atoms with Crippen molar-refractivity contribution in [3.05, 3.63) is 54.1 Å². The maximum absolute atomic E-state index is 11.7. The highest BCUT2D eigenvalue weighted by atomic mass is 16.6. The quantitative estimate of drug-likeness (QED) is 0.821. The molecule has 1 aromatic rings. The number of nitrogens with one attached hydrogen (secondary N) is 1. The molecule has 0 aromatic heterocycles. The number of rotatable bonds is 2. The Morgan fingerprint density at radius 3 is 2.48 bits per heavy atom. The lowest BCUT2D eigenvalue weighted by Gasteiger charge is -2.29. The van der Waals surface area contributed by atoms with Crippen LogP contribution in [0.15, 0.2) is 48.6 Å². The van der Waals surface area contributed by atoms with Crippen LogP contribution in [0.4, 0.5) is 4.79 Å². The van der Waals surface area contributed by atoms with Gasteiger partial charge < -0.3 is 9.84 Å². The molecule has 0 saturated carbocycles. The van der Waals surface area contributed by atoms with Crippen molar-refractivity contribution in [1.29, 1.82) is 0 Å². The molecule has 0 bridgehead atoms. The molecule has 1 aliphatic rings. The first-order chi connectivity index (χ1) is 9.77. The average molecular weight is 287 g/mol. The van der Waals surface area contributed by atoms with Crippen LogP contribution in [0.1, 0.15) is 32.8 Å². The highest BCUT2D eigenvalue weighted by Crippen LogP contribution is 2.25. The molecule has 1 unspecified atom stereocenters. The fourth-order valence-electron chi connectivity index (χ4n) is 2.05. The van der Waals surface area contributed by atoms with Gasteiger partial charge in [0.2, 0.25) is 0 Å². The van der Waals surface area contributed by atoms with E-state index in [0.717, 1.165) is 11.1 Å². The molecule has 2 N–H and O–H groups in total. The first-order valence-electron chi connectivity index (χ1n) is 6.96. The fourth-order valence-corrected chi connectivity index (χ4v) is 2.05. The third-order valence-corrected chi connectivity index (χ3v) is 3.00. The number of allylic oxidation sites excluding steroid dienone is 2. The number of hydrogen-bond donors (Lipinski definition) is 2. The summed E-state index contributed by atoms with van der Waals surface area (Å²) in [5.74, 6) is 0. The molecule has 0 heterocycles. The van der Waals surface area contributed by atoms with Crippen molar-refractivity contribution < 1.29 is 14.6 Å². The number of hydrogen-bond acceptors (Lipinski definition) is 3. The van der Waals surface area contributed by atoms with Gasteiger partial charge in [0.1, 0.15) is 5.60 Å². The number of amides is 1. The highest BCUT2D eigenvalue weighted by Gasteiger charge is 2.29. The first-order valence-corrected chi connectivity index (χ1v) is 6.96. The monoisotopic (exact) mass is 287 g/mol. The lowest BCUT2D eigenvalue weighted by Crippen LogP contribution is -2.49. The highest BCUT2D eigenvalue weighted by molar-refractivity contribution is 5.76. The van der Waals surface area contributed by atoms with Crippen LogP contribution >= 0.6 is 0 Å². The summed E-state index contributed by atoms with van der Waals surface area (Å²) in [5.41, 5.74) is 0.101. The van der Waals surface area contributed by atoms with E-state index in [2.05, 4.69) is 5.32 Å².